The van der Waals surface area contributed by atoms with Gasteiger partial charge in [0.2, 0.25) is 0 Å². The van der Waals surface area contributed by atoms with Crippen LogP contribution in [0.2, 0.25) is 0 Å². The van der Waals surface area contributed by atoms with Crippen LogP contribution in [0, 0.1) is 6.07 Å². The van der Waals surface area contributed by atoms with Crippen LogP contribution >= 0.6 is 0 Å². The van der Waals surface area contributed by atoms with Crippen molar-refractivity contribution in [3.8, 4) is 0 Å². The van der Waals surface area contributed by atoms with Crippen LogP contribution in [0.25, 0.3) is 0 Å². The van der Waals surface area contributed by atoms with Crippen molar-refractivity contribution in [2.45, 2.75) is 5.41 Å². The minimum atomic E-state index is -1.61. The Morgan fingerprint density at radius 2 is 1.77 bits per heavy atom. The SMILES string of the molecule is FCC(CF)(CF)c1c[c]ccc1. The lowest BCUT2D eigenvalue weighted by molar-refractivity contribution is 0.191. The van der Waals surface area contributed by atoms with Gasteiger partial charge in [-0.2, -0.15) is 0 Å². The Hall–Kier alpha value is -0.990. The lowest BCUT2D eigenvalue weighted by Gasteiger charge is -2.24. The first-order valence-electron chi connectivity index (χ1n) is 3.93. The monoisotopic (exact) mass is 187 g/mol. The smallest absolute Gasteiger partial charge is 0.104 e. The molecule has 1 aromatic carbocycles. The van der Waals surface area contributed by atoms with Crippen LogP contribution < -0.4 is 0 Å². The molecule has 0 N–H and O–H groups in total. The van der Waals surface area contributed by atoms with Crippen molar-refractivity contribution < 1.29 is 13.2 Å². The van der Waals surface area contributed by atoms with Crippen LogP contribution in [-0.2, 0) is 5.41 Å². The van der Waals surface area contributed by atoms with Gasteiger partial charge in [0.1, 0.15) is 20.0 Å². The third-order valence-corrected chi connectivity index (χ3v) is 2.09. The highest BCUT2D eigenvalue weighted by molar-refractivity contribution is 5.25. The van der Waals surface area contributed by atoms with Crippen molar-refractivity contribution in [1.82, 2.24) is 0 Å². The van der Waals surface area contributed by atoms with Crippen molar-refractivity contribution in [3.05, 3.63) is 35.9 Å². The Bertz CT molecular complexity index is 233. The van der Waals surface area contributed by atoms with Gasteiger partial charge in [-0.3, -0.25) is 0 Å². The van der Waals surface area contributed by atoms with Gasteiger partial charge in [0.05, 0.1) is 5.41 Å². The molecule has 71 valence electrons. The molecule has 0 aliphatic heterocycles. The van der Waals surface area contributed by atoms with Crippen LogP contribution in [0.15, 0.2) is 24.3 Å². The topological polar surface area (TPSA) is 0 Å². The number of alkyl halides is 3. The van der Waals surface area contributed by atoms with E-state index in [9.17, 15) is 13.2 Å². The zero-order valence-electron chi connectivity index (χ0n) is 7.06. The second-order valence-electron chi connectivity index (χ2n) is 2.97. The normalized spacial score (nSPS) is 11.6. The van der Waals surface area contributed by atoms with E-state index < -0.39 is 25.4 Å². The minimum Gasteiger partial charge on any atom is -0.250 e. The van der Waals surface area contributed by atoms with E-state index in [1.807, 2.05) is 0 Å². The van der Waals surface area contributed by atoms with Gasteiger partial charge in [0.25, 0.3) is 0 Å². The number of hydrogen-bond donors (Lipinski definition) is 0. The molecule has 3 heteroatoms. The minimum absolute atomic E-state index is 0.322. The number of hydrogen-bond acceptors (Lipinski definition) is 0. The van der Waals surface area contributed by atoms with Crippen LogP contribution in [0.3, 0.4) is 0 Å². The Balaban J connectivity index is 3.01. The van der Waals surface area contributed by atoms with Gasteiger partial charge in [-0.15, -0.1) is 0 Å². The largest absolute Gasteiger partial charge is 0.250 e. The molecular weight excluding hydrogens is 177 g/mol. The maximum Gasteiger partial charge on any atom is 0.104 e. The van der Waals surface area contributed by atoms with Crippen LogP contribution in [0.4, 0.5) is 13.2 Å². The quantitative estimate of drug-likeness (QED) is 0.679. The molecule has 0 saturated heterocycles. The summed E-state index contributed by atoms with van der Waals surface area (Å²) < 4.78 is 37.5. The second-order valence-corrected chi connectivity index (χ2v) is 2.97. The predicted molar refractivity (Wildman–Crippen MR) is 44.9 cm³/mol. The zero-order chi connectivity index (χ0) is 9.73. The van der Waals surface area contributed by atoms with E-state index in [0.717, 1.165) is 0 Å². The first kappa shape index (κ1) is 10.1. The summed E-state index contributed by atoms with van der Waals surface area (Å²) in [5.41, 5.74) is -1.29. The zero-order valence-corrected chi connectivity index (χ0v) is 7.06. The molecule has 0 heterocycles. The van der Waals surface area contributed by atoms with Gasteiger partial charge in [-0.1, -0.05) is 24.3 Å². The Labute approximate surface area is 75.4 Å². The summed E-state index contributed by atoms with van der Waals surface area (Å²) in [6.45, 7) is -3.09. The molecule has 0 amide bonds. The van der Waals surface area contributed by atoms with Crippen molar-refractivity contribution in [2.75, 3.05) is 20.0 Å². The summed E-state index contributed by atoms with van der Waals surface area (Å²) in [7, 11) is 0. The van der Waals surface area contributed by atoms with Crippen molar-refractivity contribution in [2.24, 2.45) is 0 Å². The molecule has 1 radical (unpaired) electrons. The van der Waals surface area contributed by atoms with Gasteiger partial charge < -0.3 is 0 Å². The summed E-state index contributed by atoms with van der Waals surface area (Å²) in [6, 6.07) is 8.78. The molecule has 1 aromatic rings. The third kappa shape index (κ3) is 1.85. The summed E-state index contributed by atoms with van der Waals surface area (Å²) in [5, 5.41) is 0. The van der Waals surface area contributed by atoms with Gasteiger partial charge in [-0.05, 0) is 11.6 Å². The average Bonchev–Trinajstić information content (AvgIpc) is 2.23. The summed E-state index contributed by atoms with van der Waals surface area (Å²) >= 11 is 0. The van der Waals surface area contributed by atoms with Gasteiger partial charge >= 0.3 is 0 Å². The van der Waals surface area contributed by atoms with E-state index in [1.165, 1.54) is 12.1 Å². The Kier molecular flexibility index (Phi) is 3.34. The fraction of sp³-hybridized carbons (Fsp3) is 0.400. The average molecular weight is 187 g/mol. The van der Waals surface area contributed by atoms with Crippen molar-refractivity contribution in [1.29, 1.82) is 0 Å². The first-order valence-corrected chi connectivity index (χ1v) is 3.93. The highest BCUT2D eigenvalue weighted by atomic mass is 19.1. The molecule has 0 aliphatic carbocycles. The molecule has 0 aliphatic rings. The molecule has 0 aromatic heterocycles. The van der Waals surface area contributed by atoms with Gasteiger partial charge in [0.15, 0.2) is 0 Å². The summed E-state index contributed by atoms with van der Waals surface area (Å²) in [5.74, 6) is 0. The van der Waals surface area contributed by atoms with E-state index in [4.69, 9.17) is 0 Å². The predicted octanol–water partition coefficient (Wildman–Crippen LogP) is 2.63. The lowest BCUT2D eigenvalue weighted by Crippen LogP contribution is -2.33. The number of benzene rings is 1. The van der Waals surface area contributed by atoms with Crippen molar-refractivity contribution >= 4 is 0 Å². The first-order chi connectivity index (χ1) is 6.29. The van der Waals surface area contributed by atoms with E-state index in [-0.39, 0.29) is 0 Å². The third-order valence-electron chi connectivity index (χ3n) is 2.09. The Morgan fingerprint density at radius 3 is 2.15 bits per heavy atom. The van der Waals surface area contributed by atoms with E-state index in [1.54, 1.807) is 12.1 Å². The number of halogens is 3. The van der Waals surface area contributed by atoms with E-state index in [0.29, 0.717) is 5.56 Å². The van der Waals surface area contributed by atoms with Crippen molar-refractivity contribution in [3.63, 3.8) is 0 Å². The van der Waals surface area contributed by atoms with E-state index in [2.05, 4.69) is 6.07 Å². The summed E-state index contributed by atoms with van der Waals surface area (Å²) in [6.07, 6.45) is 0. The molecule has 0 bridgehead atoms. The molecule has 1 rings (SSSR count). The second kappa shape index (κ2) is 4.30. The van der Waals surface area contributed by atoms with Gasteiger partial charge in [0, 0.05) is 0 Å². The molecule has 0 fully saturated rings. The highest BCUT2D eigenvalue weighted by Gasteiger charge is 2.32. The fourth-order valence-corrected chi connectivity index (χ4v) is 1.06. The van der Waals surface area contributed by atoms with Gasteiger partial charge in [-0.25, -0.2) is 13.2 Å². The van der Waals surface area contributed by atoms with Crippen LogP contribution in [0.1, 0.15) is 5.56 Å². The maximum atomic E-state index is 12.5. The Morgan fingerprint density at radius 1 is 1.15 bits per heavy atom. The maximum absolute atomic E-state index is 12.5. The standard InChI is InChI=1S/C10H10F3/c11-6-10(7-12,8-13)9-4-2-1-3-5-9/h1-2,4-5H,6-8H2. The lowest BCUT2D eigenvalue weighted by atomic mass is 9.84. The molecule has 0 spiro atoms. The highest BCUT2D eigenvalue weighted by Crippen LogP contribution is 2.25. The molecule has 0 nitrogen and oxygen atoms in total. The number of rotatable bonds is 4. The fourth-order valence-electron chi connectivity index (χ4n) is 1.06. The molecule has 0 atom stereocenters. The molecule has 0 saturated carbocycles. The van der Waals surface area contributed by atoms with E-state index >= 15 is 0 Å². The van der Waals surface area contributed by atoms with Crippen LogP contribution in [-0.4, -0.2) is 20.0 Å². The molecule has 13 heavy (non-hydrogen) atoms. The molecule has 0 unspecified atom stereocenters. The van der Waals surface area contributed by atoms with Crippen LogP contribution in [0.5, 0.6) is 0 Å². The molecular formula is C10H10F3. The summed E-state index contributed by atoms with van der Waals surface area (Å²) in [4.78, 5) is 0.